The minimum atomic E-state index is -0.494. The molecule has 0 bridgehead atoms. The van der Waals surface area contributed by atoms with E-state index >= 15 is 0 Å². The summed E-state index contributed by atoms with van der Waals surface area (Å²) < 4.78 is 9.89. The van der Waals surface area contributed by atoms with Crippen LogP contribution in [0.3, 0.4) is 0 Å². The van der Waals surface area contributed by atoms with Gasteiger partial charge in [-0.05, 0) is 42.8 Å². The number of nitrogens with one attached hydrogen (secondary N) is 1. The fraction of sp³-hybridized carbons (Fsp3) is 0.214. The van der Waals surface area contributed by atoms with Gasteiger partial charge in [0.05, 0.1) is 13.7 Å². The molecule has 2 rings (SSSR count). The number of methoxy groups -OCH3 is 1. The first-order chi connectivity index (χ1) is 9.10. The van der Waals surface area contributed by atoms with Crippen molar-refractivity contribution in [1.29, 1.82) is 0 Å². The first-order valence-electron chi connectivity index (χ1n) is 5.80. The molecule has 0 spiro atoms. The molecule has 0 aliphatic rings. The Morgan fingerprint density at radius 1 is 1.37 bits per heavy atom. The lowest BCUT2D eigenvalue weighted by atomic mass is 10.2. The first-order valence-corrected chi connectivity index (χ1v) is 5.80. The van der Waals surface area contributed by atoms with Crippen LogP contribution in [0, 0.1) is 6.92 Å². The van der Waals surface area contributed by atoms with Gasteiger partial charge in [-0.25, -0.2) is 4.79 Å². The maximum absolute atomic E-state index is 11.2. The van der Waals surface area contributed by atoms with Crippen LogP contribution in [0.25, 0.3) is 0 Å². The number of phenolic OH excluding ortho intramolecular Hbond substituents is 1. The Labute approximate surface area is 110 Å². The van der Waals surface area contributed by atoms with Gasteiger partial charge in [-0.3, -0.25) is 0 Å². The molecule has 0 radical (unpaired) electrons. The fourth-order valence-electron chi connectivity index (χ4n) is 1.64. The van der Waals surface area contributed by atoms with Crippen LogP contribution in [0.2, 0.25) is 0 Å². The molecule has 1 aromatic carbocycles. The van der Waals surface area contributed by atoms with Gasteiger partial charge in [-0.15, -0.1) is 0 Å². The molecule has 0 aliphatic carbocycles. The Morgan fingerprint density at radius 2 is 2.16 bits per heavy atom. The number of anilines is 1. The molecule has 5 heteroatoms. The summed E-state index contributed by atoms with van der Waals surface area (Å²) in [6, 6.07) is 8.52. The Bertz CT molecular complexity index is 589. The largest absolute Gasteiger partial charge is 0.508 e. The summed E-state index contributed by atoms with van der Waals surface area (Å²) in [6.45, 7) is 2.27. The Kier molecular flexibility index (Phi) is 3.75. The van der Waals surface area contributed by atoms with Gasteiger partial charge >= 0.3 is 5.97 Å². The van der Waals surface area contributed by atoms with Crippen molar-refractivity contribution in [2.75, 3.05) is 12.4 Å². The third kappa shape index (κ3) is 3.07. The van der Waals surface area contributed by atoms with Gasteiger partial charge in [-0.2, -0.15) is 0 Å². The standard InChI is InChI=1S/C14H15NO4/c1-9-7-10(3-5-12(9)16)15-8-11-4-6-13(19-11)14(17)18-2/h3-7,15-16H,8H2,1-2H3. The van der Waals surface area contributed by atoms with Crippen molar-refractivity contribution in [3.63, 3.8) is 0 Å². The molecule has 0 atom stereocenters. The van der Waals surface area contributed by atoms with E-state index in [1.165, 1.54) is 7.11 Å². The molecule has 1 aromatic heterocycles. The summed E-state index contributed by atoms with van der Waals surface area (Å²) >= 11 is 0. The highest BCUT2D eigenvalue weighted by molar-refractivity contribution is 5.86. The number of aromatic hydroxyl groups is 1. The zero-order valence-corrected chi connectivity index (χ0v) is 10.8. The number of hydrogen-bond donors (Lipinski definition) is 2. The van der Waals surface area contributed by atoms with Gasteiger partial charge in [-0.1, -0.05) is 0 Å². The van der Waals surface area contributed by atoms with Crippen LogP contribution in [-0.2, 0) is 11.3 Å². The van der Waals surface area contributed by atoms with Crippen molar-refractivity contribution in [2.45, 2.75) is 13.5 Å². The number of carbonyl (C=O) groups excluding carboxylic acids is 1. The van der Waals surface area contributed by atoms with Gasteiger partial charge in [0.2, 0.25) is 5.76 Å². The predicted molar refractivity (Wildman–Crippen MR) is 70.2 cm³/mol. The maximum Gasteiger partial charge on any atom is 0.373 e. The van der Waals surface area contributed by atoms with Crippen molar-refractivity contribution in [1.82, 2.24) is 0 Å². The molecule has 1 heterocycles. The smallest absolute Gasteiger partial charge is 0.373 e. The van der Waals surface area contributed by atoms with E-state index in [1.807, 2.05) is 13.0 Å². The van der Waals surface area contributed by atoms with Crippen LogP contribution < -0.4 is 5.32 Å². The lowest BCUT2D eigenvalue weighted by Gasteiger charge is -2.06. The van der Waals surface area contributed by atoms with E-state index in [0.717, 1.165) is 11.3 Å². The summed E-state index contributed by atoms with van der Waals surface area (Å²) in [6.07, 6.45) is 0. The van der Waals surface area contributed by atoms with E-state index in [2.05, 4.69) is 10.1 Å². The predicted octanol–water partition coefficient (Wildman–Crippen LogP) is 2.69. The first kappa shape index (κ1) is 13.0. The zero-order valence-electron chi connectivity index (χ0n) is 10.8. The number of ether oxygens (including phenoxy) is 1. The van der Waals surface area contributed by atoms with Gasteiger partial charge in [0, 0.05) is 5.69 Å². The van der Waals surface area contributed by atoms with Crippen molar-refractivity contribution in [3.8, 4) is 5.75 Å². The lowest BCUT2D eigenvalue weighted by Crippen LogP contribution is -2.00. The van der Waals surface area contributed by atoms with Gasteiger partial charge in [0.1, 0.15) is 11.5 Å². The quantitative estimate of drug-likeness (QED) is 0.654. The average molecular weight is 261 g/mol. The van der Waals surface area contributed by atoms with Gasteiger partial charge < -0.3 is 19.6 Å². The topological polar surface area (TPSA) is 71.7 Å². The highest BCUT2D eigenvalue weighted by Crippen LogP contribution is 2.20. The molecular formula is C14H15NO4. The van der Waals surface area contributed by atoms with Gasteiger partial charge in [0.15, 0.2) is 0 Å². The summed E-state index contributed by atoms with van der Waals surface area (Å²) in [7, 11) is 1.31. The van der Waals surface area contributed by atoms with E-state index in [1.54, 1.807) is 24.3 Å². The maximum atomic E-state index is 11.2. The lowest BCUT2D eigenvalue weighted by molar-refractivity contribution is 0.0563. The molecule has 0 amide bonds. The molecular weight excluding hydrogens is 246 g/mol. The average Bonchev–Trinajstić information content (AvgIpc) is 2.88. The zero-order chi connectivity index (χ0) is 13.8. The van der Waals surface area contributed by atoms with Crippen LogP contribution in [0.5, 0.6) is 5.75 Å². The summed E-state index contributed by atoms with van der Waals surface area (Å²) in [4.78, 5) is 11.2. The molecule has 0 aliphatic heterocycles. The number of esters is 1. The summed E-state index contributed by atoms with van der Waals surface area (Å²) in [5.74, 6) is 0.579. The summed E-state index contributed by atoms with van der Waals surface area (Å²) in [5, 5.41) is 12.6. The number of aryl methyl sites for hydroxylation is 1. The minimum Gasteiger partial charge on any atom is -0.508 e. The number of rotatable bonds is 4. The Balaban J connectivity index is 2.00. The fourth-order valence-corrected chi connectivity index (χ4v) is 1.64. The molecule has 2 N–H and O–H groups in total. The molecule has 19 heavy (non-hydrogen) atoms. The van der Waals surface area contributed by atoms with E-state index in [4.69, 9.17) is 4.42 Å². The van der Waals surface area contributed by atoms with Crippen LogP contribution >= 0.6 is 0 Å². The monoisotopic (exact) mass is 261 g/mol. The van der Waals surface area contributed by atoms with Crippen molar-refractivity contribution in [3.05, 3.63) is 47.4 Å². The number of benzene rings is 1. The third-order valence-corrected chi connectivity index (χ3v) is 2.71. The third-order valence-electron chi connectivity index (χ3n) is 2.71. The van der Waals surface area contributed by atoms with Gasteiger partial charge in [0.25, 0.3) is 0 Å². The second kappa shape index (κ2) is 5.48. The highest BCUT2D eigenvalue weighted by atomic mass is 16.5. The number of phenols is 1. The molecule has 0 saturated heterocycles. The number of furan rings is 1. The molecule has 5 nitrogen and oxygen atoms in total. The number of hydrogen-bond acceptors (Lipinski definition) is 5. The van der Waals surface area contributed by atoms with Crippen LogP contribution in [0.4, 0.5) is 5.69 Å². The Morgan fingerprint density at radius 3 is 2.84 bits per heavy atom. The minimum absolute atomic E-state index is 0.182. The normalized spacial score (nSPS) is 10.2. The van der Waals surface area contributed by atoms with Crippen molar-refractivity contribution >= 4 is 11.7 Å². The second-order valence-corrected chi connectivity index (χ2v) is 4.11. The second-order valence-electron chi connectivity index (χ2n) is 4.11. The van der Waals surface area contributed by atoms with Crippen molar-refractivity contribution in [2.24, 2.45) is 0 Å². The van der Waals surface area contributed by atoms with Crippen LogP contribution in [0.15, 0.2) is 34.7 Å². The highest BCUT2D eigenvalue weighted by Gasteiger charge is 2.10. The van der Waals surface area contributed by atoms with Crippen LogP contribution in [0.1, 0.15) is 21.9 Å². The summed E-state index contributed by atoms with van der Waals surface area (Å²) in [5.41, 5.74) is 1.66. The number of carbonyl (C=O) groups is 1. The van der Waals surface area contributed by atoms with E-state index < -0.39 is 5.97 Å². The molecule has 0 fully saturated rings. The molecule has 0 saturated carbocycles. The molecule has 100 valence electrons. The SMILES string of the molecule is COC(=O)c1ccc(CNc2ccc(O)c(C)c2)o1. The molecule has 2 aromatic rings. The van der Waals surface area contributed by atoms with E-state index in [0.29, 0.717) is 12.3 Å². The van der Waals surface area contributed by atoms with Crippen LogP contribution in [-0.4, -0.2) is 18.2 Å². The molecule has 0 unspecified atom stereocenters. The Hall–Kier alpha value is -2.43. The van der Waals surface area contributed by atoms with Crippen molar-refractivity contribution < 1.29 is 19.1 Å². The van der Waals surface area contributed by atoms with E-state index in [9.17, 15) is 9.90 Å². The van der Waals surface area contributed by atoms with E-state index in [-0.39, 0.29) is 11.5 Å².